The van der Waals surface area contributed by atoms with Crippen LogP contribution < -0.4 is 0 Å². The van der Waals surface area contributed by atoms with Gasteiger partial charge in [0.15, 0.2) is 0 Å². The molecule has 2 N–H and O–H groups in total. The highest BCUT2D eigenvalue weighted by Gasteiger charge is 2.50. The minimum atomic E-state index is -0.885. The zero-order valence-corrected chi connectivity index (χ0v) is 13.8. The number of carbonyl (C=O) groups excluding carboxylic acids is 1. The van der Waals surface area contributed by atoms with Crippen molar-refractivity contribution in [3.63, 3.8) is 0 Å². The van der Waals surface area contributed by atoms with Crippen molar-refractivity contribution in [3.8, 4) is 0 Å². The second kappa shape index (κ2) is 5.21. The lowest BCUT2D eigenvalue weighted by Crippen LogP contribution is -2.32. The fourth-order valence-corrected chi connectivity index (χ4v) is 4.62. The van der Waals surface area contributed by atoms with E-state index in [0.717, 1.165) is 29.6 Å². The van der Waals surface area contributed by atoms with Gasteiger partial charge >= 0.3 is 0 Å². The van der Waals surface area contributed by atoms with E-state index in [4.69, 9.17) is 11.6 Å². The smallest absolute Gasteiger partial charge is 0.222 e. The van der Waals surface area contributed by atoms with E-state index < -0.39 is 5.60 Å². The zero-order valence-electron chi connectivity index (χ0n) is 13.1. The molecule has 3 atom stereocenters. The van der Waals surface area contributed by atoms with Crippen molar-refractivity contribution >= 4 is 28.4 Å². The number of aromatic amines is 1. The third-order valence-electron chi connectivity index (χ3n) is 5.46. The molecule has 2 aliphatic rings. The molecule has 1 saturated carbocycles. The van der Waals surface area contributed by atoms with Crippen LogP contribution in [0.4, 0.5) is 0 Å². The Morgan fingerprint density at radius 2 is 2.13 bits per heavy atom. The number of fused-ring (bicyclic) bond motifs is 2. The number of nitrogens with zero attached hydrogens (tertiary/aromatic N) is 2. The predicted molar refractivity (Wildman–Crippen MR) is 88.1 cm³/mol. The van der Waals surface area contributed by atoms with Crippen LogP contribution in [0.25, 0.3) is 10.9 Å². The number of rotatable bonds is 2. The first-order valence-electron chi connectivity index (χ1n) is 8.13. The van der Waals surface area contributed by atoms with Gasteiger partial charge in [-0.25, -0.2) is 0 Å². The third-order valence-corrected chi connectivity index (χ3v) is 5.67. The second-order valence-corrected chi connectivity index (χ2v) is 7.33. The number of nitrogens with one attached hydrogen (secondary N) is 1. The summed E-state index contributed by atoms with van der Waals surface area (Å²) < 4.78 is 0. The first-order valence-corrected chi connectivity index (χ1v) is 8.51. The second-order valence-electron chi connectivity index (χ2n) is 6.90. The summed E-state index contributed by atoms with van der Waals surface area (Å²) in [5.41, 5.74) is 0.821. The monoisotopic (exact) mass is 333 g/mol. The van der Waals surface area contributed by atoms with E-state index in [2.05, 4.69) is 10.2 Å². The molecule has 2 fully saturated rings. The highest BCUT2D eigenvalue weighted by Crippen LogP contribution is 2.50. The molecule has 0 spiro atoms. The molecule has 23 heavy (non-hydrogen) atoms. The van der Waals surface area contributed by atoms with Crippen molar-refractivity contribution in [3.05, 3.63) is 28.9 Å². The molecule has 1 saturated heterocycles. The number of aromatic nitrogens is 2. The van der Waals surface area contributed by atoms with Gasteiger partial charge in [-0.3, -0.25) is 9.89 Å². The van der Waals surface area contributed by atoms with Crippen molar-refractivity contribution in [1.82, 2.24) is 15.1 Å². The maximum Gasteiger partial charge on any atom is 0.222 e. The molecule has 1 aliphatic heterocycles. The van der Waals surface area contributed by atoms with E-state index in [1.807, 2.05) is 24.0 Å². The lowest BCUT2D eigenvalue weighted by molar-refractivity contribution is -0.130. The van der Waals surface area contributed by atoms with Crippen LogP contribution in [-0.2, 0) is 10.4 Å². The quantitative estimate of drug-likeness (QED) is 0.887. The van der Waals surface area contributed by atoms with E-state index in [-0.39, 0.29) is 5.91 Å². The summed E-state index contributed by atoms with van der Waals surface area (Å²) in [6.45, 7) is 3.41. The molecule has 122 valence electrons. The lowest BCUT2D eigenvalue weighted by atomic mass is 9.88. The molecule has 4 rings (SSSR count). The van der Waals surface area contributed by atoms with E-state index in [0.29, 0.717) is 36.1 Å². The number of likely N-dealkylation sites (tertiary alicyclic amines) is 1. The number of hydrogen-bond donors (Lipinski definition) is 2. The zero-order chi connectivity index (χ0) is 16.2. The largest absolute Gasteiger partial charge is 0.385 e. The van der Waals surface area contributed by atoms with Crippen molar-refractivity contribution in [2.45, 2.75) is 31.8 Å². The van der Waals surface area contributed by atoms with Crippen molar-refractivity contribution in [2.24, 2.45) is 11.8 Å². The van der Waals surface area contributed by atoms with Crippen LogP contribution in [0.1, 0.15) is 31.7 Å². The lowest BCUT2D eigenvalue weighted by Gasteiger charge is -2.27. The Morgan fingerprint density at radius 1 is 1.43 bits per heavy atom. The summed E-state index contributed by atoms with van der Waals surface area (Å²) in [6.07, 6.45) is 3.64. The third kappa shape index (κ3) is 2.34. The number of carbonyl (C=O) groups is 1. The summed E-state index contributed by atoms with van der Waals surface area (Å²) in [5.74, 6) is 0.927. The Bertz CT molecular complexity index is 758. The van der Waals surface area contributed by atoms with Crippen molar-refractivity contribution < 1.29 is 9.90 Å². The Hall–Kier alpha value is -1.59. The van der Waals surface area contributed by atoms with E-state index in [1.54, 1.807) is 6.20 Å². The predicted octanol–water partition coefficient (Wildman–Crippen LogP) is 2.68. The molecular weight excluding hydrogens is 314 g/mol. The van der Waals surface area contributed by atoms with Gasteiger partial charge in [0.05, 0.1) is 17.3 Å². The summed E-state index contributed by atoms with van der Waals surface area (Å²) in [6, 6.07) is 3.68. The Morgan fingerprint density at radius 3 is 2.78 bits per heavy atom. The van der Waals surface area contributed by atoms with Crippen molar-refractivity contribution in [1.29, 1.82) is 0 Å². The molecule has 1 aromatic carbocycles. The summed E-state index contributed by atoms with van der Waals surface area (Å²) in [4.78, 5) is 13.8. The molecule has 0 unspecified atom stereocenters. The SMILES string of the molecule is CCC(=O)N1C[C@@H]2C[C@](O)(c3cc(Cl)cc4[nH]ncc34)C[C@@H]2C1. The van der Waals surface area contributed by atoms with Gasteiger partial charge in [0.2, 0.25) is 5.91 Å². The number of H-pyrrole nitrogens is 1. The minimum Gasteiger partial charge on any atom is -0.385 e. The number of aliphatic hydroxyl groups is 1. The molecule has 1 amide bonds. The normalized spacial score (nSPS) is 30.1. The fourth-order valence-electron chi connectivity index (χ4n) is 4.40. The molecule has 0 bridgehead atoms. The minimum absolute atomic E-state index is 0.211. The van der Waals surface area contributed by atoms with Gasteiger partial charge in [0.25, 0.3) is 0 Å². The van der Waals surface area contributed by atoms with Crippen LogP contribution in [0.15, 0.2) is 18.3 Å². The Kier molecular flexibility index (Phi) is 3.39. The molecular formula is C17H20ClN3O2. The highest BCUT2D eigenvalue weighted by atomic mass is 35.5. The first kappa shape index (κ1) is 15.0. The summed E-state index contributed by atoms with van der Waals surface area (Å²) in [5, 5.41) is 19.8. The van der Waals surface area contributed by atoms with E-state index in [9.17, 15) is 9.90 Å². The van der Waals surface area contributed by atoms with Crippen LogP contribution in [-0.4, -0.2) is 39.2 Å². The molecule has 2 heterocycles. The van der Waals surface area contributed by atoms with Gasteiger partial charge in [-0.1, -0.05) is 18.5 Å². The van der Waals surface area contributed by atoms with Gasteiger partial charge in [0, 0.05) is 29.9 Å². The maximum atomic E-state index is 11.9. The van der Waals surface area contributed by atoms with Crippen molar-refractivity contribution in [2.75, 3.05) is 13.1 Å². The molecule has 5 nitrogen and oxygen atoms in total. The molecule has 1 aliphatic carbocycles. The standard InChI is InChI=1S/C17H20ClN3O2/c1-2-16(22)21-8-10-5-17(23,6-11(10)9-21)14-3-12(18)4-15-13(14)7-19-20-15/h3-4,7,10-11,23H,2,5-6,8-9H2,1H3,(H,19,20)/t10-,11+,17+. The Balaban J connectivity index is 1.64. The fraction of sp³-hybridized carbons (Fsp3) is 0.529. The van der Waals surface area contributed by atoms with Gasteiger partial charge in [-0.05, 0) is 42.4 Å². The molecule has 6 heteroatoms. The van der Waals surface area contributed by atoms with Gasteiger partial charge < -0.3 is 10.0 Å². The van der Waals surface area contributed by atoms with Crippen LogP contribution in [0.2, 0.25) is 5.02 Å². The topological polar surface area (TPSA) is 69.2 Å². The van der Waals surface area contributed by atoms with Crippen LogP contribution in [0.5, 0.6) is 0 Å². The van der Waals surface area contributed by atoms with Crippen LogP contribution in [0.3, 0.4) is 0 Å². The van der Waals surface area contributed by atoms with E-state index >= 15 is 0 Å². The van der Waals surface area contributed by atoms with Gasteiger partial charge in [-0.15, -0.1) is 0 Å². The average Bonchev–Trinajstić information content (AvgIpc) is 3.18. The van der Waals surface area contributed by atoms with E-state index in [1.165, 1.54) is 0 Å². The van der Waals surface area contributed by atoms with Crippen LogP contribution >= 0.6 is 11.6 Å². The average molecular weight is 334 g/mol. The molecule has 2 aromatic rings. The molecule has 0 radical (unpaired) electrons. The van der Waals surface area contributed by atoms with Crippen LogP contribution in [0, 0.1) is 11.8 Å². The number of benzene rings is 1. The number of amides is 1. The first-order chi connectivity index (χ1) is 11.0. The summed E-state index contributed by atoms with van der Waals surface area (Å²) >= 11 is 6.21. The maximum absolute atomic E-state index is 11.9. The number of halogens is 1. The molecule has 1 aromatic heterocycles. The summed E-state index contributed by atoms with van der Waals surface area (Å²) in [7, 11) is 0. The Labute approximate surface area is 139 Å². The van der Waals surface area contributed by atoms with Gasteiger partial charge in [-0.2, -0.15) is 5.10 Å². The highest BCUT2D eigenvalue weighted by molar-refractivity contribution is 6.31. The van der Waals surface area contributed by atoms with Gasteiger partial charge in [0.1, 0.15) is 0 Å². The number of hydrogen-bond acceptors (Lipinski definition) is 3.